The van der Waals surface area contributed by atoms with Gasteiger partial charge in [-0.2, -0.15) is 0 Å². The Morgan fingerprint density at radius 1 is 1.08 bits per heavy atom. The van der Waals surface area contributed by atoms with Crippen LogP contribution < -0.4 is 15.5 Å². The molecule has 4 aliphatic rings. The van der Waals surface area contributed by atoms with Crippen LogP contribution in [0.5, 0.6) is 0 Å². The normalized spacial score (nSPS) is 22.4. The fraction of sp³-hybridized carbons (Fsp3) is 0.533. The highest BCUT2D eigenvalue weighted by Gasteiger charge is 2.43. The van der Waals surface area contributed by atoms with E-state index in [0.29, 0.717) is 22.7 Å². The average molecular weight is 499 g/mol. The second-order valence-electron chi connectivity index (χ2n) is 11.7. The van der Waals surface area contributed by atoms with Gasteiger partial charge in [0.15, 0.2) is 5.82 Å². The van der Waals surface area contributed by atoms with E-state index >= 15 is 4.39 Å². The summed E-state index contributed by atoms with van der Waals surface area (Å²) in [7, 11) is 0. The smallest absolute Gasteiger partial charge is 0.175 e. The molecule has 1 aromatic carbocycles. The maximum absolute atomic E-state index is 16.4. The van der Waals surface area contributed by atoms with Gasteiger partial charge in [0.2, 0.25) is 0 Å². The predicted octanol–water partition coefficient (Wildman–Crippen LogP) is 4.31. The third-order valence-corrected chi connectivity index (χ3v) is 9.29. The Morgan fingerprint density at radius 3 is 2.68 bits per heavy atom. The molecule has 0 amide bonds. The lowest BCUT2D eigenvalue weighted by Crippen LogP contribution is -2.38. The molecule has 7 rings (SSSR count). The standard InChI is InChI=1S/C30H35FN6/c1-19-6-3-13-36(18-19)29-22-17-33-28(25-20(2)7-8-23-21(25)16-32-23)26(31)27(22)34-24(35-29)9-12-30-10-4-14-37(30)15-5-11-30/h7-8,16-17,19H,3-6,9-15,18H2,1-2H3. The van der Waals surface area contributed by atoms with Crippen LogP contribution in [0, 0.1) is 18.7 Å². The molecule has 0 aliphatic carbocycles. The zero-order valence-electron chi connectivity index (χ0n) is 21.9. The van der Waals surface area contributed by atoms with Crippen LogP contribution in [0.4, 0.5) is 10.2 Å². The third kappa shape index (κ3) is 3.77. The number of hydrogen-bond donors (Lipinski definition) is 0. The van der Waals surface area contributed by atoms with Crippen LogP contribution in [0.15, 0.2) is 23.3 Å². The van der Waals surface area contributed by atoms with Gasteiger partial charge in [-0.05, 0) is 82.5 Å². The minimum atomic E-state index is -0.342. The predicted molar refractivity (Wildman–Crippen MR) is 144 cm³/mol. The summed E-state index contributed by atoms with van der Waals surface area (Å²) in [4.78, 5) is 24.0. The van der Waals surface area contributed by atoms with Gasteiger partial charge in [0.1, 0.15) is 22.9 Å². The maximum Gasteiger partial charge on any atom is 0.175 e. The van der Waals surface area contributed by atoms with E-state index in [9.17, 15) is 0 Å². The topological polar surface area (TPSA) is 57.5 Å². The van der Waals surface area contributed by atoms with Gasteiger partial charge in [-0.1, -0.05) is 13.0 Å². The minimum Gasteiger partial charge on any atom is -0.356 e. The average Bonchev–Trinajstić information content (AvgIpc) is 3.45. The summed E-state index contributed by atoms with van der Waals surface area (Å²) in [6, 6.07) is 3.98. The number of benzene rings is 1. The van der Waals surface area contributed by atoms with E-state index in [2.05, 4.69) is 26.7 Å². The summed E-state index contributed by atoms with van der Waals surface area (Å²) in [5.74, 6) is 1.87. The number of fused-ring (bicyclic) bond motifs is 3. The first-order chi connectivity index (χ1) is 18.0. The van der Waals surface area contributed by atoms with Gasteiger partial charge in [-0.25, -0.2) is 14.4 Å². The summed E-state index contributed by atoms with van der Waals surface area (Å²) in [5.41, 5.74) is 2.89. The second-order valence-corrected chi connectivity index (χ2v) is 11.7. The van der Waals surface area contributed by atoms with Crippen molar-refractivity contribution < 1.29 is 4.39 Å². The van der Waals surface area contributed by atoms with Crippen LogP contribution in [-0.4, -0.2) is 51.6 Å². The SMILES string of the molecule is Cc1ccc2c(c1-c1ncc3c(N4CCCC(C)C4)nc(CCC45CCCN4CCC5)nc3c1F)=CN=2. The molecule has 192 valence electrons. The van der Waals surface area contributed by atoms with Crippen molar-refractivity contribution in [2.45, 2.75) is 70.8 Å². The van der Waals surface area contributed by atoms with Crippen molar-refractivity contribution in [1.29, 1.82) is 0 Å². The number of piperidine rings is 1. The van der Waals surface area contributed by atoms with E-state index in [1.165, 1.54) is 45.2 Å². The molecule has 1 atom stereocenters. The Labute approximate surface area is 217 Å². The number of hydrogen-bond acceptors (Lipinski definition) is 6. The number of nitrogens with zero attached hydrogens (tertiary/aromatic N) is 6. The van der Waals surface area contributed by atoms with Crippen molar-refractivity contribution in [3.05, 3.63) is 46.1 Å². The molecule has 3 saturated heterocycles. The van der Waals surface area contributed by atoms with Gasteiger partial charge in [0.25, 0.3) is 0 Å². The Kier molecular flexibility index (Phi) is 5.54. The van der Waals surface area contributed by atoms with Gasteiger partial charge in [0, 0.05) is 48.2 Å². The second kappa shape index (κ2) is 8.83. The molecular weight excluding hydrogens is 463 g/mol. The van der Waals surface area contributed by atoms with Crippen LogP contribution in [-0.2, 0) is 6.42 Å². The van der Waals surface area contributed by atoms with Gasteiger partial charge < -0.3 is 4.90 Å². The zero-order valence-corrected chi connectivity index (χ0v) is 21.9. The van der Waals surface area contributed by atoms with Crippen LogP contribution in [0.1, 0.15) is 63.3 Å². The number of aromatic nitrogens is 3. The number of halogens is 1. The quantitative estimate of drug-likeness (QED) is 0.525. The lowest BCUT2D eigenvalue weighted by atomic mass is 9.88. The molecule has 6 heterocycles. The molecule has 3 aromatic rings. The first-order valence-corrected chi connectivity index (χ1v) is 14.1. The van der Waals surface area contributed by atoms with Crippen LogP contribution in [0.25, 0.3) is 28.4 Å². The summed E-state index contributed by atoms with van der Waals surface area (Å²) in [6.45, 7) is 8.60. The third-order valence-electron chi connectivity index (χ3n) is 9.29. The molecule has 0 N–H and O–H groups in total. The Bertz CT molecular complexity index is 1500. The minimum absolute atomic E-state index is 0.295. The zero-order chi connectivity index (χ0) is 25.1. The highest BCUT2D eigenvalue weighted by molar-refractivity contribution is 5.92. The maximum atomic E-state index is 16.4. The summed E-state index contributed by atoms with van der Waals surface area (Å²) < 4.78 is 16.4. The molecule has 4 aliphatic heterocycles. The van der Waals surface area contributed by atoms with Gasteiger partial charge in [-0.15, -0.1) is 0 Å². The summed E-state index contributed by atoms with van der Waals surface area (Å²) in [6.07, 6.45) is 12.9. The molecule has 7 heteroatoms. The molecule has 37 heavy (non-hydrogen) atoms. The van der Waals surface area contributed by atoms with Gasteiger partial charge in [0.05, 0.1) is 10.7 Å². The molecule has 6 nitrogen and oxygen atoms in total. The molecule has 0 spiro atoms. The van der Waals surface area contributed by atoms with E-state index in [4.69, 9.17) is 9.97 Å². The molecule has 2 aromatic heterocycles. The van der Waals surface area contributed by atoms with Gasteiger partial charge in [-0.3, -0.25) is 14.9 Å². The molecule has 0 radical (unpaired) electrons. The molecule has 0 bridgehead atoms. The number of pyridine rings is 1. The van der Waals surface area contributed by atoms with Crippen molar-refractivity contribution in [2.24, 2.45) is 10.9 Å². The first kappa shape index (κ1) is 23.2. The van der Waals surface area contributed by atoms with E-state index in [0.717, 1.165) is 71.1 Å². The van der Waals surface area contributed by atoms with Crippen molar-refractivity contribution in [3.63, 3.8) is 0 Å². The fourth-order valence-electron chi connectivity index (χ4n) is 7.32. The molecule has 0 saturated carbocycles. The first-order valence-electron chi connectivity index (χ1n) is 14.1. The number of anilines is 1. The van der Waals surface area contributed by atoms with Crippen LogP contribution in [0.2, 0.25) is 0 Å². The molecular formula is C30H35FN6. The van der Waals surface area contributed by atoms with E-state index in [1.807, 2.05) is 25.3 Å². The van der Waals surface area contributed by atoms with Crippen molar-refractivity contribution in [3.8, 4) is 11.3 Å². The molecule has 3 fully saturated rings. The largest absolute Gasteiger partial charge is 0.356 e. The Morgan fingerprint density at radius 2 is 1.92 bits per heavy atom. The van der Waals surface area contributed by atoms with Crippen molar-refractivity contribution >= 4 is 22.9 Å². The van der Waals surface area contributed by atoms with E-state index < -0.39 is 0 Å². The van der Waals surface area contributed by atoms with Crippen molar-refractivity contribution in [1.82, 2.24) is 19.9 Å². The summed E-state index contributed by atoms with van der Waals surface area (Å²) >= 11 is 0. The van der Waals surface area contributed by atoms with Crippen LogP contribution >= 0.6 is 0 Å². The Balaban J connectivity index is 1.34. The fourth-order valence-corrected chi connectivity index (χ4v) is 7.32. The Hall–Kier alpha value is -2.93. The highest BCUT2D eigenvalue weighted by Crippen LogP contribution is 2.42. The van der Waals surface area contributed by atoms with E-state index in [-0.39, 0.29) is 5.82 Å². The summed E-state index contributed by atoms with van der Waals surface area (Å²) in [5, 5.41) is 2.58. The van der Waals surface area contributed by atoms with E-state index in [1.54, 1.807) is 6.20 Å². The highest BCUT2D eigenvalue weighted by atomic mass is 19.1. The lowest BCUT2D eigenvalue weighted by molar-refractivity contribution is 0.182. The molecule has 1 unspecified atom stereocenters. The monoisotopic (exact) mass is 498 g/mol. The lowest BCUT2D eigenvalue weighted by Gasteiger charge is -2.33. The van der Waals surface area contributed by atoms with Gasteiger partial charge >= 0.3 is 0 Å². The van der Waals surface area contributed by atoms with Crippen LogP contribution in [0.3, 0.4) is 0 Å². The number of rotatable bonds is 5. The number of aryl methyl sites for hydroxylation is 2. The van der Waals surface area contributed by atoms with Crippen molar-refractivity contribution in [2.75, 3.05) is 31.1 Å².